The topological polar surface area (TPSA) is 29.9 Å². The van der Waals surface area contributed by atoms with Crippen LogP contribution in [0.15, 0.2) is 47.6 Å². The molecule has 0 spiro atoms. The molecule has 2 heterocycles. The first-order chi connectivity index (χ1) is 5.47. The fourth-order valence-electron chi connectivity index (χ4n) is 0.882. The second kappa shape index (κ2) is 2.54. The summed E-state index contributed by atoms with van der Waals surface area (Å²) < 4.78 is 6.93. The van der Waals surface area contributed by atoms with Crippen LogP contribution in [-0.4, -0.2) is 4.98 Å². The van der Waals surface area contributed by atoms with Crippen LogP contribution in [0.4, 0.5) is 0 Å². The molecule has 0 atom stereocenters. The van der Waals surface area contributed by atoms with E-state index in [9.17, 15) is 0 Å². The Hall–Kier alpha value is -1.64. The van der Waals surface area contributed by atoms with Gasteiger partial charge in [-0.3, -0.25) is 0 Å². The minimum Gasteiger partial charge on any atom is -0.392 e. The number of hydrogen-bond donors (Lipinski definition) is 0. The Balaban J connectivity index is 2.46. The summed E-state index contributed by atoms with van der Waals surface area (Å²) in [6.07, 6.45) is 6.89. The highest BCUT2D eigenvalue weighted by Crippen LogP contribution is 1.93. The number of oxazole rings is 1. The van der Waals surface area contributed by atoms with Crippen molar-refractivity contribution in [1.29, 1.82) is 0 Å². The predicted molar refractivity (Wildman–Crippen MR) is 38.0 cm³/mol. The molecule has 0 unspecified atom stereocenters. The van der Waals surface area contributed by atoms with Crippen molar-refractivity contribution in [2.24, 2.45) is 0 Å². The Kier molecular flexibility index (Phi) is 1.41. The van der Waals surface area contributed by atoms with E-state index in [1.54, 1.807) is 6.20 Å². The SMILES string of the molecule is c1cc[n+](-c2cnco2)cc1. The predicted octanol–water partition coefficient (Wildman–Crippen LogP) is 0.951. The third-order valence-corrected chi connectivity index (χ3v) is 1.39. The van der Waals surface area contributed by atoms with E-state index >= 15 is 0 Å². The van der Waals surface area contributed by atoms with Crippen molar-refractivity contribution in [3.05, 3.63) is 43.2 Å². The van der Waals surface area contributed by atoms with Gasteiger partial charge in [-0.2, -0.15) is 0 Å². The van der Waals surface area contributed by atoms with E-state index in [1.807, 2.05) is 35.2 Å². The molecule has 0 fully saturated rings. The van der Waals surface area contributed by atoms with E-state index in [2.05, 4.69) is 4.98 Å². The van der Waals surface area contributed by atoms with Crippen molar-refractivity contribution in [2.45, 2.75) is 0 Å². The Morgan fingerprint density at radius 1 is 1.18 bits per heavy atom. The maximum atomic E-state index is 5.07. The molecule has 2 aromatic rings. The van der Waals surface area contributed by atoms with Gasteiger partial charge in [0, 0.05) is 12.1 Å². The summed E-state index contributed by atoms with van der Waals surface area (Å²) in [5.41, 5.74) is 0. The third kappa shape index (κ3) is 1.12. The summed E-state index contributed by atoms with van der Waals surface area (Å²) in [5, 5.41) is 0. The van der Waals surface area contributed by atoms with Crippen LogP contribution in [0.5, 0.6) is 0 Å². The molecule has 0 saturated heterocycles. The van der Waals surface area contributed by atoms with Crippen LogP contribution < -0.4 is 4.57 Å². The van der Waals surface area contributed by atoms with Gasteiger partial charge < -0.3 is 4.42 Å². The lowest BCUT2D eigenvalue weighted by Gasteiger charge is -1.84. The van der Waals surface area contributed by atoms with Gasteiger partial charge in [-0.05, 0) is 0 Å². The maximum absolute atomic E-state index is 5.07. The number of aromatic nitrogens is 2. The van der Waals surface area contributed by atoms with Gasteiger partial charge in [0.05, 0.1) is 0 Å². The summed E-state index contributed by atoms with van der Waals surface area (Å²) in [7, 11) is 0. The third-order valence-electron chi connectivity index (χ3n) is 1.39. The first-order valence-corrected chi connectivity index (χ1v) is 3.32. The van der Waals surface area contributed by atoms with Crippen LogP contribution in [0, 0.1) is 0 Å². The molecule has 3 nitrogen and oxygen atoms in total. The fourth-order valence-corrected chi connectivity index (χ4v) is 0.882. The molecule has 54 valence electrons. The molecule has 0 aliphatic rings. The van der Waals surface area contributed by atoms with Gasteiger partial charge >= 0.3 is 5.88 Å². The van der Waals surface area contributed by atoms with Crippen LogP contribution in [0.2, 0.25) is 0 Å². The van der Waals surface area contributed by atoms with Gasteiger partial charge in [-0.1, -0.05) is 6.07 Å². The van der Waals surface area contributed by atoms with Gasteiger partial charge in [-0.25, -0.2) is 4.98 Å². The second-order valence-electron chi connectivity index (χ2n) is 2.12. The Bertz CT molecular complexity index is 315. The van der Waals surface area contributed by atoms with Crippen molar-refractivity contribution >= 4 is 0 Å². The highest BCUT2D eigenvalue weighted by Gasteiger charge is 2.05. The second-order valence-corrected chi connectivity index (χ2v) is 2.12. The molecule has 0 N–H and O–H groups in total. The number of pyridine rings is 1. The smallest absolute Gasteiger partial charge is 0.392 e. The molecule has 2 rings (SSSR count). The zero-order valence-corrected chi connectivity index (χ0v) is 5.84. The lowest BCUT2D eigenvalue weighted by atomic mass is 10.5. The largest absolute Gasteiger partial charge is 0.398 e. The number of hydrogen-bond acceptors (Lipinski definition) is 2. The van der Waals surface area contributed by atoms with Gasteiger partial charge in [0.15, 0.2) is 18.8 Å². The molecule has 3 heteroatoms. The van der Waals surface area contributed by atoms with Crippen molar-refractivity contribution in [2.75, 3.05) is 0 Å². The van der Waals surface area contributed by atoms with Gasteiger partial charge in [-0.15, -0.1) is 4.57 Å². The van der Waals surface area contributed by atoms with Gasteiger partial charge in [0.25, 0.3) is 0 Å². The van der Waals surface area contributed by atoms with Crippen molar-refractivity contribution < 1.29 is 8.98 Å². The van der Waals surface area contributed by atoms with Crippen LogP contribution in [0.3, 0.4) is 0 Å². The molecular formula is C8H7N2O+. The first-order valence-electron chi connectivity index (χ1n) is 3.32. The first kappa shape index (κ1) is 6.09. The lowest BCUT2D eigenvalue weighted by Crippen LogP contribution is -2.27. The van der Waals surface area contributed by atoms with E-state index < -0.39 is 0 Å². The average molecular weight is 147 g/mol. The summed E-state index contributed by atoms with van der Waals surface area (Å²) in [6.45, 7) is 0. The summed E-state index contributed by atoms with van der Waals surface area (Å²) in [4.78, 5) is 3.81. The Morgan fingerprint density at radius 2 is 2.00 bits per heavy atom. The minimum absolute atomic E-state index is 0.727. The zero-order chi connectivity index (χ0) is 7.52. The highest BCUT2D eigenvalue weighted by molar-refractivity contribution is 4.97. The molecule has 0 saturated carbocycles. The van der Waals surface area contributed by atoms with E-state index in [4.69, 9.17) is 4.42 Å². The average Bonchev–Trinajstić information content (AvgIpc) is 2.58. The molecule has 0 aliphatic carbocycles. The normalized spacial score (nSPS) is 9.82. The molecule has 0 aliphatic heterocycles. The van der Waals surface area contributed by atoms with Crippen LogP contribution >= 0.6 is 0 Å². The molecular weight excluding hydrogens is 140 g/mol. The van der Waals surface area contributed by atoms with Crippen molar-refractivity contribution in [3.8, 4) is 5.88 Å². The van der Waals surface area contributed by atoms with Crippen LogP contribution in [0.25, 0.3) is 5.88 Å². The highest BCUT2D eigenvalue weighted by atomic mass is 16.4. The molecule has 0 radical (unpaired) electrons. The maximum Gasteiger partial charge on any atom is 0.398 e. The lowest BCUT2D eigenvalue weighted by molar-refractivity contribution is -0.609. The molecule has 0 bridgehead atoms. The van der Waals surface area contributed by atoms with E-state index in [0.717, 1.165) is 5.88 Å². The van der Waals surface area contributed by atoms with Gasteiger partial charge in [0.1, 0.15) is 6.20 Å². The van der Waals surface area contributed by atoms with E-state index in [1.165, 1.54) is 6.39 Å². The monoisotopic (exact) mass is 147 g/mol. The standard InChI is InChI=1S/C8H7N2O/c1-2-4-10(5-3-1)8-6-9-7-11-8/h1-7H/q+1. The quantitative estimate of drug-likeness (QED) is 0.562. The van der Waals surface area contributed by atoms with Crippen LogP contribution in [-0.2, 0) is 0 Å². The van der Waals surface area contributed by atoms with Crippen LogP contribution in [0.1, 0.15) is 0 Å². The molecule has 0 amide bonds. The van der Waals surface area contributed by atoms with E-state index in [-0.39, 0.29) is 0 Å². The molecule has 0 aromatic carbocycles. The molecule has 2 aromatic heterocycles. The minimum atomic E-state index is 0.727. The number of rotatable bonds is 1. The summed E-state index contributed by atoms with van der Waals surface area (Å²) in [6, 6.07) is 5.82. The van der Waals surface area contributed by atoms with Crippen molar-refractivity contribution in [3.63, 3.8) is 0 Å². The fraction of sp³-hybridized carbons (Fsp3) is 0. The Morgan fingerprint density at radius 3 is 2.64 bits per heavy atom. The summed E-state index contributed by atoms with van der Waals surface area (Å²) in [5.74, 6) is 0.727. The van der Waals surface area contributed by atoms with Gasteiger partial charge in [0.2, 0.25) is 0 Å². The zero-order valence-electron chi connectivity index (χ0n) is 5.84. The van der Waals surface area contributed by atoms with Crippen molar-refractivity contribution in [1.82, 2.24) is 4.98 Å². The summed E-state index contributed by atoms with van der Waals surface area (Å²) >= 11 is 0. The Labute approximate surface area is 63.9 Å². The molecule has 11 heavy (non-hydrogen) atoms. The number of nitrogens with zero attached hydrogens (tertiary/aromatic N) is 2. The van der Waals surface area contributed by atoms with E-state index in [0.29, 0.717) is 0 Å².